The molecule has 1 heterocycles. The van der Waals surface area contributed by atoms with Crippen molar-refractivity contribution in [2.24, 2.45) is 0 Å². The molecule has 1 fully saturated rings. The van der Waals surface area contributed by atoms with Crippen molar-refractivity contribution in [1.29, 1.82) is 0 Å². The molecule has 1 amide bonds. The molecule has 0 saturated heterocycles. The maximum atomic E-state index is 11.7. The highest BCUT2D eigenvalue weighted by atomic mass is 16.3. The van der Waals surface area contributed by atoms with Crippen molar-refractivity contribution < 1.29 is 15.0 Å². The second-order valence-electron chi connectivity index (χ2n) is 5.19. The fourth-order valence-electron chi connectivity index (χ4n) is 2.68. The van der Waals surface area contributed by atoms with Gasteiger partial charge in [0.2, 0.25) is 0 Å². The van der Waals surface area contributed by atoms with Crippen LogP contribution in [0.5, 0.6) is 0 Å². The summed E-state index contributed by atoms with van der Waals surface area (Å²) >= 11 is 0. The molecule has 1 saturated carbocycles. The Hall–Kier alpha value is -1.59. The Bertz CT molecular complexity index is 513. The molecule has 3 rings (SSSR count). The zero-order valence-corrected chi connectivity index (χ0v) is 10.9. The summed E-state index contributed by atoms with van der Waals surface area (Å²) in [5.41, 5.74) is 2.43. The molecular weight excluding hydrogens is 244 g/mol. The molecule has 0 spiro atoms. The van der Waals surface area contributed by atoms with E-state index in [1.807, 2.05) is 18.2 Å². The van der Waals surface area contributed by atoms with Gasteiger partial charge in [0.05, 0.1) is 12.3 Å². The summed E-state index contributed by atoms with van der Waals surface area (Å²) in [4.78, 5) is 15.4. The molecule has 0 aromatic heterocycles. The number of hydrogen-bond donors (Lipinski definition) is 2. The van der Waals surface area contributed by atoms with E-state index in [4.69, 9.17) is 5.11 Å². The number of anilines is 2. The first kappa shape index (κ1) is 12.4. The van der Waals surface area contributed by atoms with Crippen LogP contribution in [0.1, 0.15) is 24.5 Å². The quantitative estimate of drug-likeness (QED) is 0.836. The van der Waals surface area contributed by atoms with E-state index >= 15 is 0 Å². The normalized spacial score (nSPS) is 21.7. The van der Waals surface area contributed by atoms with Gasteiger partial charge in [0.25, 0.3) is 5.91 Å². The Morgan fingerprint density at radius 2 is 2.16 bits per heavy atom. The van der Waals surface area contributed by atoms with Gasteiger partial charge in [-0.2, -0.15) is 0 Å². The summed E-state index contributed by atoms with van der Waals surface area (Å²) in [6.07, 6.45) is 1.25. The summed E-state index contributed by atoms with van der Waals surface area (Å²) in [6, 6.07) is 6.15. The summed E-state index contributed by atoms with van der Waals surface area (Å²) in [6.45, 7) is 0.717. The topological polar surface area (TPSA) is 64.0 Å². The van der Waals surface area contributed by atoms with Crippen LogP contribution in [0.4, 0.5) is 11.4 Å². The Morgan fingerprint density at radius 3 is 2.79 bits per heavy atom. The molecule has 1 aliphatic heterocycles. The molecule has 0 bridgehead atoms. The van der Waals surface area contributed by atoms with E-state index in [1.165, 1.54) is 4.90 Å². The Kier molecular flexibility index (Phi) is 2.95. The third kappa shape index (κ3) is 1.99. The van der Waals surface area contributed by atoms with Crippen LogP contribution < -0.4 is 9.80 Å². The van der Waals surface area contributed by atoms with Crippen molar-refractivity contribution in [2.45, 2.75) is 25.0 Å². The predicted octanol–water partition coefficient (Wildman–Crippen LogP) is 0.657. The van der Waals surface area contributed by atoms with Crippen molar-refractivity contribution in [1.82, 2.24) is 0 Å². The van der Waals surface area contributed by atoms with Gasteiger partial charge in [-0.25, -0.2) is 0 Å². The molecule has 1 atom stereocenters. The van der Waals surface area contributed by atoms with Crippen molar-refractivity contribution in [3.63, 3.8) is 0 Å². The lowest BCUT2D eigenvalue weighted by atomic mass is 10.1. The number of benzene rings is 1. The molecular formula is C14H18N2O3. The minimum atomic E-state index is -1.04. The van der Waals surface area contributed by atoms with Crippen molar-refractivity contribution in [2.75, 3.05) is 30.0 Å². The number of nitrogens with zero attached hydrogens (tertiary/aromatic N) is 2. The molecule has 1 aromatic carbocycles. The number of likely N-dealkylation sites (N-methyl/N-ethyl adjacent to an activating group) is 1. The van der Waals surface area contributed by atoms with E-state index in [1.54, 1.807) is 7.05 Å². The third-order valence-corrected chi connectivity index (χ3v) is 3.89. The highest BCUT2D eigenvalue weighted by Crippen LogP contribution is 2.39. The number of hydrogen-bond acceptors (Lipinski definition) is 4. The van der Waals surface area contributed by atoms with Crippen LogP contribution >= 0.6 is 0 Å². The van der Waals surface area contributed by atoms with Crippen LogP contribution in [0.25, 0.3) is 0 Å². The summed E-state index contributed by atoms with van der Waals surface area (Å²) in [5.74, 6) is -0.285. The van der Waals surface area contributed by atoms with Gasteiger partial charge in [0, 0.05) is 30.9 Å². The number of carbonyl (C=O) groups is 1. The Morgan fingerprint density at radius 1 is 1.42 bits per heavy atom. The zero-order valence-electron chi connectivity index (χ0n) is 10.9. The lowest BCUT2D eigenvalue weighted by molar-refractivity contribution is -0.125. The molecule has 19 heavy (non-hydrogen) atoms. The molecule has 2 aliphatic rings. The number of fused-ring (bicyclic) bond motifs is 1. The highest BCUT2D eigenvalue weighted by molar-refractivity contribution is 6.03. The number of carbonyl (C=O) groups excluding carboxylic acids is 1. The Balaban J connectivity index is 1.95. The van der Waals surface area contributed by atoms with Crippen LogP contribution in [0.2, 0.25) is 0 Å². The van der Waals surface area contributed by atoms with E-state index in [-0.39, 0.29) is 12.5 Å². The minimum absolute atomic E-state index is 0.116. The van der Waals surface area contributed by atoms with Gasteiger partial charge in [-0.3, -0.25) is 4.79 Å². The van der Waals surface area contributed by atoms with E-state index in [0.29, 0.717) is 18.2 Å². The SMILES string of the molecule is CN1C(=O)C(O)c2ccc(N(CCO)C3CC3)cc21. The maximum absolute atomic E-state index is 11.7. The molecule has 2 N–H and O–H groups in total. The molecule has 102 valence electrons. The number of aliphatic hydroxyl groups is 2. The van der Waals surface area contributed by atoms with Crippen LogP contribution in [0.3, 0.4) is 0 Å². The summed E-state index contributed by atoms with van der Waals surface area (Å²) < 4.78 is 0. The first-order valence-electron chi connectivity index (χ1n) is 6.60. The van der Waals surface area contributed by atoms with Crippen LogP contribution in [0, 0.1) is 0 Å². The molecule has 5 nitrogen and oxygen atoms in total. The van der Waals surface area contributed by atoms with Gasteiger partial charge >= 0.3 is 0 Å². The van der Waals surface area contributed by atoms with Crippen LogP contribution in [-0.4, -0.2) is 42.4 Å². The molecule has 1 aromatic rings. The van der Waals surface area contributed by atoms with Gasteiger partial charge in [0.15, 0.2) is 6.10 Å². The van der Waals surface area contributed by atoms with Gasteiger partial charge in [0.1, 0.15) is 0 Å². The largest absolute Gasteiger partial charge is 0.395 e. The summed E-state index contributed by atoms with van der Waals surface area (Å²) in [5, 5.41) is 19.0. The Labute approximate surface area is 112 Å². The van der Waals surface area contributed by atoms with Crippen molar-refractivity contribution in [3.8, 4) is 0 Å². The fraction of sp³-hybridized carbons (Fsp3) is 0.500. The smallest absolute Gasteiger partial charge is 0.260 e. The molecule has 1 unspecified atom stereocenters. The van der Waals surface area contributed by atoms with Crippen molar-refractivity contribution >= 4 is 17.3 Å². The average Bonchev–Trinajstić information content (AvgIpc) is 3.23. The molecule has 0 radical (unpaired) electrons. The molecule has 5 heteroatoms. The standard InChI is InChI=1S/C14H18N2O3/c1-15-12-8-10(16(6-7-17)9-2-3-9)4-5-11(12)13(18)14(15)19/h4-5,8-9,13,17-18H,2-3,6-7H2,1H3. The van der Waals surface area contributed by atoms with Gasteiger partial charge in [-0.1, -0.05) is 6.07 Å². The zero-order chi connectivity index (χ0) is 13.6. The lowest BCUT2D eigenvalue weighted by Gasteiger charge is -2.25. The average molecular weight is 262 g/mol. The third-order valence-electron chi connectivity index (χ3n) is 3.89. The summed E-state index contributed by atoms with van der Waals surface area (Å²) in [7, 11) is 1.68. The van der Waals surface area contributed by atoms with Crippen LogP contribution in [0.15, 0.2) is 18.2 Å². The monoisotopic (exact) mass is 262 g/mol. The first-order valence-corrected chi connectivity index (χ1v) is 6.60. The van der Waals surface area contributed by atoms with Gasteiger partial charge in [-0.15, -0.1) is 0 Å². The second-order valence-corrected chi connectivity index (χ2v) is 5.19. The maximum Gasteiger partial charge on any atom is 0.260 e. The van der Waals surface area contributed by atoms with E-state index in [2.05, 4.69) is 4.90 Å². The highest BCUT2D eigenvalue weighted by Gasteiger charge is 2.35. The first-order chi connectivity index (χ1) is 9.13. The molecule has 1 aliphatic carbocycles. The predicted molar refractivity (Wildman–Crippen MR) is 72.3 cm³/mol. The van der Waals surface area contributed by atoms with E-state index < -0.39 is 6.10 Å². The van der Waals surface area contributed by atoms with Crippen LogP contribution in [-0.2, 0) is 4.79 Å². The number of aliphatic hydroxyl groups excluding tert-OH is 2. The second kappa shape index (κ2) is 4.51. The lowest BCUT2D eigenvalue weighted by Crippen LogP contribution is -2.29. The van der Waals surface area contributed by atoms with E-state index in [0.717, 1.165) is 24.2 Å². The van der Waals surface area contributed by atoms with Gasteiger partial charge in [-0.05, 0) is 25.0 Å². The number of rotatable bonds is 4. The minimum Gasteiger partial charge on any atom is -0.395 e. The fourth-order valence-corrected chi connectivity index (χ4v) is 2.68. The van der Waals surface area contributed by atoms with Gasteiger partial charge < -0.3 is 20.0 Å². The van der Waals surface area contributed by atoms with Crippen molar-refractivity contribution in [3.05, 3.63) is 23.8 Å². The number of amides is 1. The van der Waals surface area contributed by atoms with E-state index in [9.17, 15) is 9.90 Å².